The van der Waals surface area contributed by atoms with Gasteiger partial charge in [0, 0.05) is 18.8 Å². The van der Waals surface area contributed by atoms with Crippen LogP contribution in [-0.2, 0) is 24.0 Å². The highest BCUT2D eigenvalue weighted by Crippen LogP contribution is 2.05. The van der Waals surface area contributed by atoms with E-state index in [-0.39, 0.29) is 56.4 Å². The Morgan fingerprint density at radius 1 is 0.730 bits per heavy atom. The Balaban J connectivity index is 5.70. The van der Waals surface area contributed by atoms with E-state index in [1.54, 1.807) is 0 Å². The molecular weight excluding hydrogens is 510 g/mol. The number of rotatable bonds is 18. The number of aliphatic imine (C=N–C) groups is 2. The van der Waals surface area contributed by atoms with Crippen molar-refractivity contribution < 1.29 is 29.1 Å². The Morgan fingerprint density at radius 3 is 1.49 bits per heavy atom. The summed E-state index contributed by atoms with van der Waals surface area (Å²) in [5.41, 5.74) is 31.9. The van der Waals surface area contributed by atoms with E-state index in [0.29, 0.717) is 0 Å². The van der Waals surface area contributed by atoms with Gasteiger partial charge in [-0.05, 0) is 25.7 Å². The van der Waals surface area contributed by atoms with E-state index in [0.717, 1.165) is 0 Å². The molecule has 210 valence electrons. The fourth-order valence-electron chi connectivity index (χ4n) is 2.85. The van der Waals surface area contributed by atoms with Gasteiger partial charge in [0.05, 0.1) is 12.5 Å². The van der Waals surface area contributed by atoms with E-state index in [9.17, 15) is 29.1 Å². The summed E-state index contributed by atoms with van der Waals surface area (Å²) < 4.78 is 0. The first-order valence-corrected chi connectivity index (χ1v) is 11.8. The summed E-state index contributed by atoms with van der Waals surface area (Å²) >= 11 is 3.96. The minimum Gasteiger partial charge on any atom is -0.480 e. The number of nitrogens with zero attached hydrogens (tertiary/aromatic N) is 2. The molecule has 17 nitrogen and oxygen atoms in total. The van der Waals surface area contributed by atoms with Crippen molar-refractivity contribution in [2.45, 2.75) is 56.3 Å². The van der Waals surface area contributed by atoms with Crippen LogP contribution in [-0.4, -0.2) is 89.6 Å². The molecule has 18 heteroatoms. The van der Waals surface area contributed by atoms with E-state index in [2.05, 4.69) is 38.6 Å². The molecule has 0 bridgehead atoms. The van der Waals surface area contributed by atoms with Crippen LogP contribution in [0.1, 0.15) is 32.1 Å². The van der Waals surface area contributed by atoms with Crippen molar-refractivity contribution in [3.05, 3.63) is 0 Å². The van der Waals surface area contributed by atoms with Crippen LogP contribution in [0.4, 0.5) is 0 Å². The number of nitrogens with two attached hydrogens (primary N) is 6. The van der Waals surface area contributed by atoms with Crippen molar-refractivity contribution >= 4 is 54.1 Å². The van der Waals surface area contributed by atoms with Gasteiger partial charge in [-0.25, -0.2) is 4.79 Å². The molecule has 0 aromatic rings. The first kappa shape index (κ1) is 33.2. The number of amides is 4. The highest BCUT2D eigenvalue weighted by molar-refractivity contribution is 7.80. The van der Waals surface area contributed by atoms with Crippen molar-refractivity contribution in [3.63, 3.8) is 0 Å². The molecule has 16 N–H and O–H groups in total. The maximum atomic E-state index is 13.1. The van der Waals surface area contributed by atoms with E-state index >= 15 is 0 Å². The predicted octanol–water partition coefficient (Wildman–Crippen LogP) is -5.23. The zero-order chi connectivity index (χ0) is 28.5. The van der Waals surface area contributed by atoms with E-state index in [1.807, 2.05) is 0 Å². The van der Waals surface area contributed by atoms with Crippen LogP contribution in [0.25, 0.3) is 0 Å². The molecule has 0 radical (unpaired) electrons. The second-order valence-electron chi connectivity index (χ2n) is 7.88. The number of carbonyl (C=O) groups excluding carboxylic acids is 4. The van der Waals surface area contributed by atoms with Gasteiger partial charge in [0.2, 0.25) is 23.6 Å². The zero-order valence-electron chi connectivity index (χ0n) is 20.3. The average Bonchev–Trinajstić information content (AvgIpc) is 2.80. The van der Waals surface area contributed by atoms with Crippen molar-refractivity contribution in [2.24, 2.45) is 44.4 Å². The van der Waals surface area contributed by atoms with Gasteiger partial charge in [-0.2, -0.15) is 12.6 Å². The Bertz CT molecular complexity index is 861. The number of primary amides is 1. The summed E-state index contributed by atoms with van der Waals surface area (Å²) in [6.45, 7) is 0.275. The summed E-state index contributed by atoms with van der Waals surface area (Å²) in [6.07, 6.45) is -0.0956. The van der Waals surface area contributed by atoms with Crippen LogP contribution < -0.4 is 50.4 Å². The summed E-state index contributed by atoms with van der Waals surface area (Å²) in [5.74, 6) is -5.07. The molecule has 0 aliphatic heterocycles. The lowest BCUT2D eigenvalue weighted by molar-refractivity contribution is -0.143. The minimum absolute atomic E-state index is 0.0118. The molecule has 0 rings (SSSR count). The number of hydrogen-bond acceptors (Lipinski definition) is 9. The quantitative estimate of drug-likeness (QED) is 0.0333. The summed E-state index contributed by atoms with van der Waals surface area (Å²) in [7, 11) is 0. The average molecular weight is 548 g/mol. The molecule has 0 saturated heterocycles. The number of carbonyl (C=O) groups is 5. The number of guanidine groups is 2. The molecule has 0 aromatic heterocycles. The molecule has 4 atom stereocenters. The smallest absolute Gasteiger partial charge is 0.326 e. The van der Waals surface area contributed by atoms with E-state index in [1.165, 1.54) is 0 Å². The van der Waals surface area contributed by atoms with Gasteiger partial charge in [-0.1, -0.05) is 0 Å². The Labute approximate surface area is 219 Å². The number of carboxylic acid groups (broad SMARTS) is 1. The first-order valence-electron chi connectivity index (χ1n) is 11.2. The predicted molar refractivity (Wildman–Crippen MR) is 139 cm³/mol. The number of carboxylic acids is 1. The topological polar surface area (TPSA) is 323 Å². The molecule has 0 spiro atoms. The monoisotopic (exact) mass is 547 g/mol. The maximum absolute atomic E-state index is 13.1. The van der Waals surface area contributed by atoms with Gasteiger partial charge in [0.15, 0.2) is 11.9 Å². The summed E-state index contributed by atoms with van der Waals surface area (Å²) in [4.78, 5) is 68.4. The highest BCUT2D eigenvalue weighted by Gasteiger charge is 2.30. The van der Waals surface area contributed by atoms with Crippen molar-refractivity contribution in [1.29, 1.82) is 0 Å². The fourth-order valence-corrected chi connectivity index (χ4v) is 3.02. The van der Waals surface area contributed by atoms with E-state index in [4.69, 9.17) is 34.4 Å². The van der Waals surface area contributed by atoms with Crippen molar-refractivity contribution in [1.82, 2.24) is 16.0 Å². The van der Waals surface area contributed by atoms with Crippen molar-refractivity contribution in [2.75, 3.05) is 18.8 Å². The van der Waals surface area contributed by atoms with Crippen LogP contribution >= 0.6 is 12.6 Å². The molecular formula is C19H37N11O6S. The first-order chi connectivity index (χ1) is 17.3. The second-order valence-corrected chi connectivity index (χ2v) is 8.24. The normalized spacial score (nSPS) is 13.7. The van der Waals surface area contributed by atoms with Gasteiger partial charge in [0.1, 0.15) is 18.1 Å². The Kier molecular flexibility index (Phi) is 15.8. The molecule has 0 heterocycles. The van der Waals surface area contributed by atoms with Crippen LogP contribution in [0.15, 0.2) is 9.98 Å². The summed E-state index contributed by atoms with van der Waals surface area (Å²) in [5, 5.41) is 16.4. The van der Waals surface area contributed by atoms with Gasteiger partial charge in [-0.15, -0.1) is 0 Å². The standard InChI is InChI=1S/C19H37N11O6S/c20-9(8-37)14(32)28-10(3-1-5-26-18(22)23)15(33)29-11(4-2-6-27-19(24)25)16(34)30-12(17(35)36)7-13(21)31/h9-12,37H,1-8,20H2,(H2,21,31)(H,28,32)(H,29,33)(H,30,34)(H,35,36)(H4,22,23,26)(H4,24,25,27). The lowest BCUT2D eigenvalue weighted by Gasteiger charge is -2.25. The van der Waals surface area contributed by atoms with Crippen LogP contribution in [0.2, 0.25) is 0 Å². The fraction of sp³-hybridized carbons (Fsp3) is 0.632. The third kappa shape index (κ3) is 15.0. The Morgan fingerprint density at radius 2 is 1.14 bits per heavy atom. The number of aliphatic carboxylic acids is 1. The molecule has 0 fully saturated rings. The summed E-state index contributed by atoms with van der Waals surface area (Å²) in [6, 6.07) is -5.03. The van der Waals surface area contributed by atoms with Gasteiger partial charge in [0.25, 0.3) is 0 Å². The van der Waals surface area contributed by atoms with Gasteiger partial charge < -0.3 is 55.5 Å². The molecule has 37 heavy (non-hydrogen) atoms. The third-order valence-electron chi connectivity index (χ3n) is 4.71. The highest BCUT2D eigenvalue weighted by atomic mass is 32.1. The lowest BCUT2D eigenvalue weighted by Crippen LogP contribution is -2.57. The largest absolute Gasteiger partial charge is 0.480 e. The minimum atomic E-state index is -1.62. The third-order valence-corrected chi connectivity index (χ3v) is 5.10. The molecule has 4 unspecified atom stereocenters. The van der Waals surface area contributed by atoms with E-state index < -0.39 is 60.2 Å². The molecule has 0 aliphatic carbocycles. The number of nitrogens with one attached hydrogen (secondary N) is 3. The molecule has 0 saturated carbocycles. The van der Waals surface area contributed by atoms with Gasteiger partial charge >= 0.3 is 5.97 Å². The van der Waals surface area contributed by atoms with Crippen LogP contribution in [0, 0.1) is 0 Å². The second kappa shape index (κ2) is 17.6. The lowest BCUT2D eigenvalue weighted by atomic mass is 10.1. The van der Waals surface area contributed by atoms with Crippen molar-refractivity contribution in [3.8, 4) is 0 Å². The number of thiol groups is 1. The molecule has 0 aliphatic rings. The van der Waals surface area contributed by atoms with Crippen LogP contribution in [0.5, 0.6) is 0 Å². The number of hydrogen-bond donors (Lipinski definition) is 11. The maximum Gasteiger partial charge on any atom is 0.326 e. The molecule has 0 aromatic carbocycles. The Hall–Kier alpha value is -3.80. The van der Waals surface area contributed by atoms with Gasteiger partial charge in [-0.3, -0.25) is 29.2 Å². The molecule has 4 amide bonds. The SMILES string of the molecule is NC(=O)CC(NC(=O)C(CCCN=C(N)N)NC(=O)C(CCCN=C(N)N)NC(=O)C(N)CS)C(=O)O. The zero-order valence-corrected chi connectivity index (χ0v) is 21.2. The van der Waals surface area contributed by atoms with Crippen LogP contribution in [0.3, 0.4) is 0 Å².